The van der Waals surface area contributed by atoms with Gasteiger partial charge in [-0.05, 0) is 23.8 Å². The van der Waals surface area contributed by atoms with Crippen molar-refractivity contribution in [3.63, 3.8) is 0 Å². The molecule has 2 heterocycles. The standard InChI is InChI=1S/C20H18ClN3O4/c21-13-6-7-14-15(10-13)22-18(26)16-11-23(8-9-24(16)19(14)27)20(28)17(25)12-4-2-1-3-5-12/h1-7,10,16-17,25H,8-9,11H2,(H,22,26). The molecule has 0 bridgehead atoms. The van der Waals surface area contributed by atoms with Gasteiger partial charge < -0.3 is 20.2 Å². The molecule has 0 aromatic heterocycles. The molecule has 3 amide bonds. The molecule has 2 N–H and O–H groups in total. The van der Waals surface area contributed by atoms with Crippen molar-refractivity contribution in [1.29, 1.82) is 0 Å². The molecule has 1 saturated heterocycles. The van der Waals surface area contributed by atoms with Gasteiger partial charge in [0.2, 0.25) is 5.91 Å². The number of fused-ring (bicyclic) bond motifs is 2. The Labute approximate surface area is 166 Å². The van der Waals surface area contributed by atoms with Crippen molar-refractivity contribution in [1.82, 2.24) is 9.80 Å². The first-order valence-corrected chi connectivity index (χ1v) is 9.26. The summed E-state index contributed by atoms with van der Waals surface area (Å²) in [5.74, 6) is -1.16. The predicted molar refractivity (Wildman–Crippen MR) is 103 cm³/mol. The summed E-state index contributed by atoms with van der Waals surface area (Å²) < 4.78 is 0. The number of aliphatic hydroxyl groups is 1. The summed E-state index contributed by atoms with van der Waals surface area (Å²) in [4.78, 5) is 41.2. The smallest absolute Gasteiger partial charge is 0.256 e. The van der Waals surface area contributed by atoms with Crippen LogP contribution in [-0.2, 0) is 9.59 Å². The SMILES string of the molecule is O=C1Nc2cc(Cl)ccc2C(=O)N2CCN(C(=O)C(O)c3ccccc3)CC12. The number of rotatable bonds is 2. The van der Waals surface area contributed by atoms with E-state index in [2.05, 4.69) is 5.32 Å². The number of anilines is 1. The molecule has 144 valence electrons. The van der Waals surface area contributed by atoms with Gasteiger partial charge in [0.05, 0.1) is 17.8 Å². The predicted octanol–water partition coefficient (Wildman–Crippen LogP) is 1.68. The van der Waals surface area contributed by atoms with Crippen LogP contribution in [0.3, 0.4) is 0 Å². The number of carbonyl (C=O) groups is 3. The highest BCUT2D eigenvalue weighted by molar-refractivity contribution is 6.31. The summed E-state index contributed by atoms with van der Waals surface area (Å²) in [5, 5.41) is 13.5. The van der Waals surface area contributed by atoms with Gasteiger partial charge in [0, 0.05) is 18.1 Å². The van der Waals surface area contributed by atoms with Crippen molar-refractivity contribution in [2.24, 2.45) is 0 Å². The van der Waals surface area contributed by atoms with E-state index in [1.807, 2.05) is 0 Å². The molecule has 0 aliphatic carbocycles. The first-order valence-electron chi connectivity index (χ1n) is 8.89. The minimum atomic E-state index is -1.31. The molecule has 2 aromatic rings. The zero-order valence-electron chi connectivity index (χ0n) is 14.8. The molecule has 8 heteroatoms. The number of hydrogen-bond donors (Lipinski definition) is 2. The van der Waals surface area contributed by atoms with Crippen molar-refractivity contribution in [2.45, 2.75) is 12.1 Å². The highest BCUT2D eigenvalue weighted by Gasteiger charge is 2.41. The maximum atomic E-state index is 12.9. The number of nitrogens with zero attached hydrogens (tertiary/aromatic N) is 2. The molecule has 2 unspecified atom stereocenters. The van der Waals surface area contributed by atoms with Crippen LogP contribution in [-0.4, -0.2) is 58.3 Å². The maximum Gasteiger partial charge on any atom is 0.256 e. The molecule has 2 atom stereocenters. The molecule has 1 fully saturated rings. The van der Waals surface area contributed by atoms with E-state index in [1.165, 1.54) is 15.9 Å². The molecule has 7 nitrogen and oxygen atoms in total. The van der Waals surface area contributed by atoms with E-state index in [4.69, 9.17) is 11.6 Å². The lowest BCUT2D eigenvalue weighted by molar-refractivity contribution is -0.144. The lowest BCUT2D eigenvalue weighted by Crippen LogP contribution is -2.60. The largest absolute Gasteiger partial charge is 0.378 e. The van der Waals surface area contributed by atoms with Crippen LogP contribution in [0.25, 0.3) is 0 Å². The number of benzene rings is 2. The van der Waals surface area contributed by atoms with Crippen LogP contribution in [0.1, 0.15) is 22.0 Å². The summed E-state index contributed by atoms with van der Waals surface area (Å²) >= 11 is 5.98. The lowest BCUT2D eigenvalue weighted by atomic mass is 10.1. The Balaban J connectivity index is 1.56. The first-order chi connectivity index (χ1) is 13.5. The Morgan fingerprint density at radius 2 is 1.89 bits per heavy atom. The summed E-state index contributed by atoms with van der Waals surface area (Å²) in [6.07, 6.45) is -1.31. The normalized spacial score (nSPS) is 20.0. The van der Waals surface area contributed by atoms with Gasteiger partial charge in [-0.2, -0.15) is 0 Å². The number of halogens is 1. The molecule has 0 saturated carbocycles. The minimum absolute atomic E-state index is 0.0159. The van der Waals surface area contributed by atoms with Crippen LogP contribution in [0.15, 0.2) is 48.5 Å². The molecule has 0 radical (unpaired) electrons. The van der Waals surface area contributed by atoms with E-state index in [0.717, 1.165) is 0 Å². The zero-order chi connectivity index (χ0) is 19.8. The van der Waals surface area contributed by atoms with Gasteiger partial charge in [0.15, 0.2) is 6.10 Å². The number of aliphatic hydroxyl groups excluding tert-OH is 1. The van der Waals surface area contributed by atoms with Gasteiger partial charge >= 0.3 is 0 Å². The minimum Gasteiger partial charge on any atom is -0.378 e. The fourth-order valence-corrected chi connectivity index (χ4v) is 3.75. The van der Waals surface area contributed by atoms with Crippen molar-refractivity contribution >= 4 is 35.0 Å². The molecule has 2 aliphatic rings. The quantitative estimate of drug-likeness (QED) is 0.804. The fourth-order valence-electron chi connectivity index (χ4n) is 3.58. The number of amides is 3. The van der Waals surface area contributed by atoms with Crippen molar-refractivity contribution in [3.05, 3.63) is 64.7 Å². The van der Waals surface area contributed by atoms with E-state index in [-0.39, 0.29) is 31.4 Å². The summed E-state index contributed by atoms with van der Waals surface area (Å²) in [6, 6.07) is 12.5. The molecule has 28 heavy (non-hydrogen) atoms. The van der Waals surface area contributed by atoms with Crippen LogP contribution >= 0.6 is 11.6 Å². The molecule has 2 aliphatic heterocycles. The van der Waals surface area contributed by atoms with Crippen LogP contribution in [0.5, 0.6) is 0 Å². The van der Waals surface area contributed by atoms with E-state index in [9.17, 15) is 19.5 Å². The Hall–Kier alpha value is -2.90. The monoisotopic (exact) mass is 399 g/mol. The Morgan fingerprint density at radius 1 is 1.14 bits per heavy atom. The maximum absolute atomic E-state index is 12.9. The second-order valence-corrected chi connectivity index (χ2v) is 7.23. The number of carbonyl (C=O) groups excluding carboxylic acids is 3. The summed E-state index contributed by atoms with van der Waals surface area (Å²) in [6.45, 7) is 0.454. The van der Waals surface area contributed by atoms with Gasteiger partial charge in [-0.1, -0.05) is 41.9 Å². The first kappa shape index (κ1) is 18.5. The third-order valence-corrected chi connectivity index (χ3v) is 5.31. The van der Waals surface area contributed by atoms with Crippen molar-refractivity contribution in [3.8, 4) is 0 Å². The summed E-state index contributed by atoms with van der Waals surface area (Å²) in [7, 11) is 0. The van der Waals surface area contributed by atoms with Gasteiger partial charge in [-0.3, -0.25) is 14.4 Å². The Kier molecular flexibility index (Phi) is 4.78. The average molecular weight is 400 g/mol. The molecular formula is C20H18ClN3O4. The molecule has 4 rings (SSSR count). The molecule has 2 aromatic carbocycles. The van der Waals surface area contributed by atoms with E-state index in [0.29, 0.717) is 21.8 Å². The highest BCUT2D eigenvalue weighted by Crippen LogP contribution is 2.28. The topological polar surface area (TPSA) is 90.0 Å². The average Bonchev–Trinajstić information content (AvgIpc) is 2.81. The van der Waals surface area contributed by atoms with Crippen LogP contribution in [0.2, 0.25) is 5.02 Å². The van der Waals surface area contributed by atoms with Gasteiger partial charge in [0.25, 0.3) is 11.8 Å². The number of hydrogen-bond acceptors (Lipinski definition) is 4. The third kappa shape index (κ3) is 3.23. The van der Waals surface area contributed by atoms with Crippen molar-refractivity contribution < 1.29 is 19.5 Å². The third-order valence-electron chi connectivity index (χ3n) is 5.07. The van der Waals surface area contributed by atoms with E-state index in [1.54, 1.807) is 42.5 Å². The highest BCUT2D eigenvalue weighted by atomic mass is 35.5. The second kappa shape index (κ2) is 7.26. The molecule has 0 spiro atoms. The van der Waals surface area contributed by atoms with Gasteiger partial charge in [-0.25, -0.2) is 0 Å². The summed E-state index contributed by atoms with van der Waals surface area (Å²) in [5.41, 5.74) is 1.21. The molecular weight excluding hydrogens is 382 g/mol. The lowest BCUT2D eigenvalue weighted by Gasteiger charge is -2.40. The zero-order valence-corrected chi connectivity index (χ0v) is 15.6. The Bertz CT molecular complexity index is 950. The number of piperazine rings is 1. The second-order valence-electron chi connectivity index (χ2n) is 6.79. The van der Waals surface area contributed by atoms with E-state index < -0.39 is 18.1 Å². The fraction of sp³-hybridized carbons (Fsp3) is 0.250. The number of nitrogens with one attached hydrogen (secondary N) is 1. The van der Waals surface area contributed by atoms with Crippen LogP contribution in [0, 0.1) is 0 Å². The van der Waals surface area contributed by atoms with Gasteiger partial charge in [0.1, 0.15) is 6.04 Å². The van der Waals surface area contributed by atoms with Crippen molar-refractivity contribution in [2.75, 3.05) is 25.0 Å². The van der Waals surface area contributed by atoms with Crippen LogP contribution < -0.4 is 5.32 Å². The Morgan fingerprint density at radius 3 is 2.64 bits per heavy atom. The van der Waals surface area contributed by atoms with E-state index >= 15 is 0 Å². The van der Waals surface area contributed by atoms with Gasteiger partial charge in [-0.15, -0.1) is 0 Å². The van der Waals surface area contributed by atoms with Crippen LogP contribution in [0.4, 0.5) is 5.69 Å².